The minimum Gasteiger partial charge on any atom is -0.324 e. The Kier molecular flexibility index (Phi) is 4.95. The molecule has 1 unspecified atom stereocenters. The van der Waals surface area contributed by atoms with Gasteiger partial charge >= 0.3 is 0 Å². The maximum absolute atomic E-state index is 6.31. The minimum absolute atomic E-state index is 0.0247. The van der Waals surface area contributed by atoms with E-state index in [0.717, 1.165) is 12.1 Å². The molecule has 112 valence electrons. The van der Waals surface area contributed by atoms with Gasteiger partial charge in [0.25, 0.3) is 0 Å². The van der Waals surface area contributed by atoms with Gasteiger partial charge in [-0.05, 0) is 59.2 Å². The summed E-state index contributed by atoms with van der Waals surface area (Å²) in [4.78, 5) is 0. The van der Waals surface area contributed by atoms with E-state index in [9.17, 15) is 0 Å². The largest absolute Gasteiger partial charge is 0.324 e. The van der Waals surface area contributed by atoms with Crippen LogP contribution in [0.4, 0.5) is 0 Å². The summed E-state index contributed by atoms with van der Waals surface area (Å²) in [5.74, 6) is 0. The Hall–Kier alpha value is -0.880. The fourth-order valence-corrected chi connectivity index (χ4v) is 3.45. The Bertz CT molecular complexity index is 570. The molecule has 0 aliphatic heterocycles. The lowest BCUT2D eigenvalue weighted by Crippen LogP contribution is -2.16. The fraction of sp³-hybridized carbons (Fsp3) is 0.471. The summed E-state index contributed by atoms with van der Waals surface area (Å²) in [7, 11) is 0. The van der Waals surface area contributed by atoms with Crippen molar-refractivity contribution in [2.75, 3.05) is 0 Å². The first-order chi connectivity index (χ1) is 10.2. The van der Waals surface area contributed by atoms with Crippen molar-refractivity contribution in [3.63, 3.8) is 0 Å². The molecule has 0 spiro atoms. The lowest BCUT2D eigenvalue weighted by molar-refractivity contribution is 0.328. The summed E-state index contributed by atoms with van der Waals surface area (Å²) >= 11 is 2.31. The fourth-order valence-electron chi connectivity index (χ4n) is 3.09. The molecule has 3 nitrogen and oxygen atoms in total. The van der Waals surface area contributed by atoms with E-state index >= 15 is 0 Å². The molecule has 1 saturated carbocycles. The van der Waals surface area contributed by atoms with Crippen LogP contribution in [-0.4, -0.2) is 9.78 Å². The van der Waals surface area contributed by atoms with E-state index < -0.39 is 0 Å². The lowest BCUT2D eigenvalue weighted by Gasteiger charge is -2.21. The van der Waals surface area contributed by atoms with Gasteiger partial charge in [-0.15, -0.1) is 0 Å². The molecular formula is C17H22IN3. The Morgan fingerprint density at radius 3 is 2.57 bits per heavy atom. The average molecular weight is 395 g/mol. The van der Waals surface area contributed by atoms with Crippen molar-refractivity contribution in [1.29, 1.82) is 0 Å². The molecule has 1 heterocycles. The predicted octanol–water partition coefficient (Wildman–Crippen LogP) is 4.24. The first kappa shape index (κ1) is 15.0. The van der Waals surface area contributed by atoms with E-state index in [-0.39, 0.29) is 6.04 Å². The van der Waals surface area contributed by atoms with Crippen molar-refractivity contribution >= 4 is 22.6 Å². The van der Waals surface area contributed by atoms with Gasteiger partial charge in [-0.25, -0.2) is 0 Å². The SMILES string of the molecule is NC(Cc1ccn(C2CCCCC2)n1)c1ccc(I)cc1. The second-order valence-corrected chi connectivity index (χ2v) is 7.19. The molecule has 0 radical (unpaired) electrons. The van der Waals surface area contributed by atoms with Gasteiger partial charge in [0.15, 0.2) is 0 Å². The van der Waals surface area contributed by atoms with E-state index in [2.05, 4.69) is 63.8 Å². The van der Waals surface area contributed by atoms with Crippen molar-refractivity contribution in [3.05, 3.63) is 51.4 Å². The molecule has 1 aliphatic rings. The molecule has 1 aromatic heterocycles. The van der Waals surface area contributed by atoms with Crippen LogP contribution in [0.15, 0.2) is 36.5 Å². The molecule has 2 aromatic rings. The number of nitrogens with zero attached hydrogens (tertiary/aromatic N) is 2. The van der Waals surface area contributed by atoms with Gasteiger partial charge in [0.2, 0.25) is 0 Å². The van der Waals surface area contributed by atoms with E-state index in [4.69, 9.17) is 10.8 Å². The highest BCUT2D eigenvalue weighted by Gasteiger charge is 2.17. The number of benzene rings is 1. The van der Waals surface area contributed by atoms with Gasteiger partial charge in [-0.1, -0.05) is 31.4 Å². The van der Waals surface area contributed by atoms with Gasteiger partial charge in [0.1, 0.15) is 0 Å². The molecule has 3 rings (SSSR count). The molecule has 0 bridgehead atoms. The number of hydrogen-bond acceptors (Lipinski definition) is 2. The van der Waals surface area contributed by atoms with Gasteiger partial charge in [0, 0.05) is 22.2 Å². The third-order valence-electron chi connectivity index (χ3n) is 4.34. The van der Waals surface area contributed by atoms with E-state index in [1.54, 1.807) is 0 Å². The molecular weight excluding hydrogens is 373 g/mol. The first-order valence-electron chi connectivity index (χ1n) is 7.77. The molecule has 0 amide bonds. The maximum atomic E-state index is 6.31. The summed E-state index contributed by atoms with van der Waals surface area (Å²) in [5.41, 5.74) is 8.60. The van der Waals surface area contributed by atoms with Gasteiger partial charge in [-0.2, -0.15) is 5.10 Å². The lowest BCUT2D eigenvalue weighted by atomic mass is 9.96. The summed E-state index contributed by atoms with van der Waals surface area (Å²) in [6.07, 6.45) is 9.52. The highest BCUT2D eigenvalue weighted by molar-refractivity contribution is 14.1. The van der Waals surface area contributed by atoms with Crippen LogP contribution < -0.4 is 5.73 Å². The Morgan fingerprint density at radius 1 is 1.14 bits per heavy atom. The number of halogens is 1. The minimum atomic E-state index is 0.0247. The first-order valence-corrected chi connectivity index (χ1v) is 8.85. The molecule has 1 atom stereocenters. The van der Waals surface area contributed by atoms with Crippen LogP contribution in [0.25, 0.3) is 0 Å². The molecule has 1 fully saturated rings. The molecule has 21 heavy (non-hydrogen) atoms. The third-order valence-corrected chi connectivity index (χ3v) is 5.06. The maximum Gasteiger partial charge on any atom is 0.0643 e. The van der Waals surface area contributed by atoms with Crippen molar-refractivity contribution in [1.82, 2.24) is 9.78 Å². The summed E-state index contributed by atoms with van der Waals surface area (Å²) in [5, 5.41) is 4.75. The molecule has 4 heteroatoms. The van der Waals surface area contributed by atoms with Gasteiger partial charge < -0.3 is 5.73 Å². The van der Waals surface area contributed by atoms with Crippen LogP contribution in [0.1, 0.15) is 55.4 Å². The third kappa shape index (κ3) is 3.86. The smallest absolute Gasteiger partial charge is 0.0643 e. The highest BCUT2D eigenvalue weighted by atomic mass is 127. The zero-order valence-corrected chi connectivity index (χ0v) is 14.4. The van der Waals surface area contributed by atoms with Crippen molar-refractivity contribution in [3.8, 4) is 0 Å². The van der Waals surface area contributed by atoms with E-state index in [1.807, 2.05) is 0 Å². The van der Waals surface area contributed by atoms with E-state index in [0.29, 0.717) is 6.04 Å². The number of nitrogens with two attached hydrogens (primary N) is 1. The number of rotatable bonds is 4. The Labute approximate surface area is 140 Å². The average Bonchev–Trinajstić information content (AvgIpc) is 2.97. The van der Waals surface area contributed by atoms with Crippen LogP contribution in [0.2, 0.25) is 0 Å². The molecule has 2 N–H and O–H groups in total. The standard InChI is InChI=1S/C17H22IN3/c18-14-8-6-13(7-9-14)17(19)12-15-10-11-21(20-15)16-4-2-1-3-5-16/h6-11,16-17H,1-5,12,19H2. The van der Waals surface area contributed by atoms with Crippen LogP contribution in [0.5, 0.6) is 0 Å². The van der Waals surface area contributed by atoms with Crippen molar-refractivity contribution < 1.29 is 0 Å². The number of aromatic nitrogens is 2. The zero-order chi connectivity index (χ0) is 14.7. The van der Waals surface area contributed by atoms with Gasteiger partial charge in [0.05, 0.1) is 11.7 Å². The van der Waals surface area contributed by atoms with E-state index in [1.165, 1.54) is 41.2 Å². The number of hydrogen-bond donors (Lipinski definition) is 1. The highest BCUT2D eigenvalue weighted by Crippen LogP contribution is 2.27. The Morgan fingerprint density at radius 2 is 1.86 bits per heavy atom. The quantitative estimate of drug-likeness (QED) is 0.788. The molecule has 0 saturated heterocycles. The summed E-state index contributed by atoms with van der Waals surface area (Å²) < 4.78 is 3.40. The second kappa shape index (κ2) is 6.92. The summed E-state index contributed by atoms with van der Waals surface area (Å²) in [6.45, 7) is 0. The van der Waals surface area contributed by atoms with Crippen molar-refractivity contribution in [2.45, 2.75) is 50.6 Å². The van der Waals surface area contributed by atoms with Crippen molar-refractivity contribution in [2.24, 2.45) is 5.73 Å². The molecule has 1 aliphatic carbocycles. The monoisotopic (exact) mass is 395 g/mol. The Balaban J connectivity index is 1.64. The van der Waals surface area contributed by atoms with Crippen LogP contribution in [0, 0.1) is 3.57 Å². The zero-order valence-electron chi connectivity index (χ0n) is 12.2. The van der Waals surface area contributed by atoms with Crippen LogP contribution in [-0.2, 0) is 6.42 Å². The summed E-state index contributed by atoms with van der Waals surface area (Å²) in [6, 6.07) is 11.2. The topological polar surface area (TPSA) is 43.8 Å². The van der Waals surface area contributed by atoms with Crippen LogP contribution >= 0.6 is 22.6 Å². The second-order valence-electron chi connectivity index (χ2n) is 5.94. The predicted molar refractivity (Wildman–Crippen MR) is 94.1 cm³/mol. The van der Waals surface area contributed by atoms with Crippen LogP contribution in [0.3, 0.4) is 0 Å². The normalized spacial score (nSPS) is 17.8. The van der Waals surface area contributed by atoms with Gasteiger partial charge in [-0.3, -0.25) is 4.68 Å². The molecule has 1 aromatic carbocycles.